The van der Waals surface area contributed by atoms with Crippen molar-refractivity contribution in [2.24, 2.45) is 5.92 Å². The van der Waals surface area contributed by atoms with Crippen LogP contribution in [0.1, 0.15) is 18.4 Å². The van der Waals surface area contributed by atoms with Gasteiger partial charge in [0, 0.05) is 10.8 Å². The van der Waals surface area contributed by atoms with Crippen LogP contribution in [0.15, 0.2) is 30.3 Å². The summed E-state index contributed by atoms with van der Waals surface area (Å²) in [6.07, 6.45) is 0.765. The summed E-state index contributed by atoms with van der Waals surface area (Å²) < 4.78 is 0. The molecule has 0 aliphatic rings. The normalized spacial score (nSPS) is 14.2. The third kappa shape index (κ3) is 3.16. The first-order valence-corrected chi connectivity index (χ1v) is 4.77. The van der Waals surface area contributed by atoms with Gasteiger partial charge in [-0.1, -0.05) is 37.3 Å². The summed E-state index contributed by atoms with van der Waals surface area (Å²) in [5, 5.41) is 10.5. The first kappa shape index (κ1) is 11.4. The smallest absolute Gasteiger partial charge is 0.211 e. The molecule has 1 rings (SSSR count). The van der Waals surface area contributed by atoms with Crippen LogP contribution >= 0.6 is 0 Å². The lowest BCUT2D eigenvalue weighted by Gasteiger charge is -2.15. The summed E-state index contributed by atoms with van der Waals surface area (Å²) in [7, 11) is 0. The molecule has 0 aliphatic heterocycles. The Bertz CT molecular complexity index is 337. The van der Waals surface area contributed by atoms with Crippen molar-refractivity contribution in [1.82, 2.24) is 0 Å². The molecular weight excluding hydrogens is 194 g/mol. The number of carbonyl (C=O) groups is 1. The van der Waals surface area contributed by atoms with Crippen LogP contribution < -0.4 is 0 Å². The van der Waals surface area contributed by atoms with Crippen LogP contribution in [0.3, 0.4) is 0 Å². The predicted molar refractivity (Wildman–Crippen MR) is 56.3 cm³/mol. The van der Waals surface area contributed by atoms with Crippen molar-refractivity contribution in [3.05, 3.63) is 46.0 Å². The van der Waals surface area contributed by atoms with Gasteiger partial charge < -0.3 is 4.79 Å². The summed E-state index contributed by atoms with van der Waals surface area (Å²) in [5.74, 6) is -0.670. The highest BCUT2D eigenvalue weighted by molar-refractivity contribution is 5.55. The lowest BCUT2D eigenvalue weighted by Crippen LogP contribution is -2.20. The standard InChI is InChI=1S/C11H13NO3/c1-9(8-13)11(7-12(14)15)10-5-3-2-4-6-10/h2-6,8-9,11H,7H2,1H3/t9-,11-/m0/s1. The molecule has 0 fully saturated rings. The lowest BCUT2D eigenvalue weighted by atomic mass is 9.88. The number of rotatable bonds is 5. The number of aldehydes is 1. The minimum absolute atomic E-state index is 0.204. The Balaban J connectivity index is 2.90. The molecule has 4 heteroatoms. The molecule has 0 unspecified atom stereocenters. The maximum atomic E-state index is 10.7. The topological polar surface area (TPSA) is 60.2 Å². The molecule has 0 saturated heterocycles. The van der Waals surface area contributed by atoms with E-state index in [4.69, 9.17) is 0 Å². The Kier molecular flexibility index (Phi) is 3.97. The Morgan fingerprint density at radius 1 is 1.40 bits per heavy atom. The van der Waals surface area contributed by atoms with Gasteiger partial charge in [0.1, 0.15) is 6.29 Å². The summed E-state index contributed by atoms with van der Waals surface area (Å²) in [6.45, 7) is 1.50. The molecule has 0 heterocycles. The summed E-state index contributed by atoms with van der Waals surface area (Å²) >= 11 is 0. The molecular formula is C11H13NO3. The van der Waals surface area contributed by atoms with E-state index in [1.54, 1.807) is 6.92 Å². The zero-order chi connectivity index (χ0) is 11.3. The fourth-order valence-corrected chi connectivity index (χ4v) is 1.53. The van der Waals surface area contributed by atoms with Gasteiger partial charge in [-0.2, -0.15) is 0 Å². The number of nitro groups is 1. The molecule has 0 spiro atoms. The third-order valence-corrected chi connectivity index (χ3v) is 2.42. The molecule has 0 bridgehead atoms. The highest BCUT2D eigenvalue weighted by atomic mass is 16.6. The van der Waals surface area contributed by atoms with E-state index in [-0.39, 0.29) is 23.3 Å². The third-order valence-electron chi connectivity index (χ3n) is 2.42. The second kappa shape index (κ2) is 5.24. The van der Waals surface area contributed by atoms with Crippen LogP contribution in [0.2, 0.25) is 0 Å². The van der Waals surface area contributed by atoms with E-state index >= 15 is 0 Å². The average molecular weight is 207 g/mol. The number of hydrogen-bond acceptors (Lipinski definition) is 3. The highest BCUT2D eigenvalue weighted by Crippen LogP contribution is 2.23. The van der Waals surface area contributed by atoms with Gasteiger partial charge in [0.05, 0.1) is 5.92 Å². The highest BCUT2D eigenvalue weighted by Gasteiger charge is 2.23. The van der Waals surface area contributed by atoms with Crippen LogP contribution in [0.4, 0.5) is 0 Å². The molecule has 1 aromatic rings. The Hall–Kier alpha value is -1.71. The van der Waals surface area contributed by atoms with E-state index in [1.165, 1.54) is 0 Å². The minimum Gasteiger partial charge on any atom is -0.303 e. The number of carbonyl (C=O) groups excluding carboxylic acids is 1. The molecule has 0 amide bonds. The number of benzene rings is 1. The van der Waals surface area contributed by atoms with E-state index in [1.807, 2.05) is 30.3 Å². The first-order chi connectivity index (χ1) is 7.15. The largest absolute Gasteiger partial charge is 0.303 e. The predicted octanol–water partition coefficient (Wildman–Crippen LogP) is 1.88. The van der Waals surface area contributed by atoms with Crippen LogP contribution in [-0.4, -0.2) is 17.8 Å². The fourth-order valence-electron chi connectivity index (χ4n) is 1.53. The van der Waals surface area contributed by atoms with Crippen LogP contribution in [0, 0.1) is 16.0 Å². The van der Waals surface area contributed by atoms with Crippen LogP contribution in [0.25, 0.3) is 0 Å². The van der Waals surface area contributed by atoms with Gasteiger partial charge in [-0.05, 0) is 5.56 Å². The van der Waals surface area contributed by atoms with Gasteiger partial charge in [-0.3, -0.25) is 10.1 Å². The summed E-state index contributed by atoms with van der Waals surface area (Å²) in [4.78, 5) is 20.8. The van der Waals surface area contributed by atoms with Gasteiger partial charge in [0.15, 0.2) is 0 Å². The van der Waals surface area contributed by atoms with Crippen molar-refractivity contribution in [2.45, 2.75) is 12.8 Å². The second-order valence-corrected chi connectivity index (χ2v) is 3.53. The molecule has 0 radical (unpaired) electrons. The van der Waals surface area contributed by atoms with Gasteiger partial charge in [-0.25, -0.2) is 0 Å². The molecule has 2 atom stereocenters. The monoisotopic (exact) mass is 207 g/mol. The second-order valence-electron chi connectivity index (χ2n) is 3.53. The average Bonchev–Trinajstić information content (AvgIpc) is 2.26. The fraction of sp³-hybridized carbons (Fsp3) is 0.364. The molecule has 15 heavy (non-hydrogen) atoms. The minimum atomic E-state index is -0.377. The molecule has 0 aromatic heterocycles. The zero-order valence-corrected chi connectivity index (χ0v) is 8.50. The molecule has 4 nitrogen and oxygen atoms in total. The van der Waals surface area contributed by atoms with Gasteiger partial charge in [0.2, 0.25) is 6.54 Å². The zero-order valence-electron chi connectivity index (χ0n) is 8.50. The van der Waals surface area contributed by atoms with Gasteiger partial charge in [0.25, 0.3) is 0 Å². The van der Waals surface area contributed by atoms with E-state index in [0.29, 0.717) is 0 Å². The molecule has 0 N–H and O–H groups in total. The maximum absolute atomic E-state index is 10.7. The summed E-state index contributed by atoms with van der Waals surface area (Å²) in [5.41, 5.74) is 0.841. The molecule has 0 saturated carbocycles. The molecule has 80 valence electrons. The van der Waals surface area contributed by atoms with E-state index in [0.717, 1.165) is 11.8 Å². The first-order valence-electron chi connectivity index (χ1n) is 4.77. The quantitative estimate of drug-likeness (QED) is 0.420. The maximum Gasteiger partial charge on any atom is 0.211 e. The van der Waals surface area contributed by atoms with Crippen molar-refractivity contribution in [1.29, 1.82) is 0 Å². The van der Waals surface area contributed by atoms with Crippen LogP contribution in [-0.2, 0) is 4.79 Å². The van der Waals surface area contributed by atoms with Gasteiger partial charge in [-0.15, -0.1) is 0 Å². The van der Waals surface area contributed by atoms with E-state index in [2.05, 4.69) is 0 Å². The van der Waals surface area contributed by atoms with E-state index in [9.17, 15) is 14.9 Å². The van der Waals surface area contributed by atoms with Crippen molar-refractivity contribution < 1.29 is 9.72 Å². The number of nitrogens with zero attached hydrogens (tertiary/aromatic N) is 1. The van der Waals surface area contributed by atoms with Gasteiger partial charge >= 0.3 is 0 Å². The Labute approximate surface area is 88.1 Å². The Morgan fingerprint density at radius 3 is 2.47 bits per heavy atom. The van der Waals surface area contributed by atoms with Crippen LogP contribution in [0.5, 0.6) is 0 Å². The van der Waals surface area contributed by atoms with Crippen molar-refractivity contribution in [3.8, 4) is 0 Å². The summed E-state index contributed by atoms with van der Waals surface area (Å²) in [6, 6.07) is 9.11. The SMILES string of the molecule is C[C@@H](C=O)[C@H](C[N+](=O)[O-])c1ccccc1. The van der Waals surface area contributed by atoms with Crippen molar-refractivity contribution >= 4 is 6.29 Å². The van der Waals surface area contributed by atoms with Crippen molar-refractivity contribution in [3.63, 3.8) is 0 Å². The molecule has 0 aliphatic carbocycles. The lowest BCUT2D eigenvalue weighted by molar-refractivity contribution is -0.484. The Morgan fingerprint density at radius 2 is 2.00 bits per heavy atom. The number of hydrogen-bond donors (Lipinski definition) is 0. The molecule has 1 aromatic carbocycles. The van der Waals surface area contributed by atoms with Crippen molar-refractivity contribution in [2.75, 3.05) is 6.54 Å². The van der Waals surface area contributed by atoms with E-state index < -0.39 is 0 Å².